The first-order chi connectivity index (χ1) is 14.8. The summed E-state index contributed by atoms with van der Waals surface area (Å²) >= 11 is 1.46. The number of aliphatic hydroxyl groups excluding tert-OH is 1. The van der Waals surface area contributed by atoms with Gasteiger partial charge in [-0.25, -0.2) is 0 Å². The van der Waals surface area contributed by atoms with Crippen molar-refractivity contribution in [3.8, 4) is 5.75 Å². The summed E-state index contributed by atoms with van der Waals surface area (Å²) in [4.78, 5) is 28.6. The fraction of sp³-hybridized carbons (Fsp3) is 0.200. The Bertz CT molecular complexity index is 1210. The smallest absolute Gasteiger partial charge is 0.300 e. The molecule has 3 aromatic rings. The van der Waals surface area contributed by atoms with Crippen LogP contribution in [0.4, 0.5) is 5.69 Å². The van der Waals surface area contributed by atoms with E-state index in [-0.39, 0.29) is 11.3 Å². The normalized spacial score (nSPS) is 17.9. The molecule has 0 spiro atoms. The van der Waals surface area contributed by atoms with E-state index in [2.05, 4.69) is 0 Å². The lowest BCUT2D eigenvalue weighted by Gasteiger charge is -2.25. The van der Waals surface area contributed by atoms with E-state index in [4.69, 9.17) is 4.74 Å². The maximum Gasteiger partial charge on any atom is 0.300 e. The summed E-state index contributed by atoms with van der Waals surface area (Å²) in [5, 5.41) is 13.1. The molecule has 0 saturated carbocycles. The molecule has 1 fully saturated rings. The molecule has 6 heteroatoms. The molecule has 1 amide bonds. The molecule has 1 aromatic heterocycles. The van der Waals surface area contributed by atoms with Gasteiger partial charge in [-0.15, -0.1) is 11.3 Å². The molecule has 0 radical (unpaired) electrons. The van der Waals surface area contributed by atoms with Gasteiger partial charge in [-0.2, -0.15) is 0 Å². The molecule has 1 N–H and O–H groups in total. The number of carbonyl (C=O) groups excluding carboxylic acids is 2. The third-order valence-corrected chi connectivity index (χ3v) is 6.80. The Morgan fingerprint density at radius 3 is 2.26 bits per heavy atom. The lowest BCUT2D eigenvalue weighted by Crippen LogP contribution is -2.29. The van der Waals surface area contributed by atoms with Crippen molar-refractivity contribution in [2.75, 3.05) is 12.0 Å². The van der Waals surface area contributed by atoms with E-state index in [0.29, 0.717) is 17.0 Å². The van der Waals surface area contributed by atoms with Crippen LogP contribution in [0.2, 0.25) is 0 Å². The van der Waals surface area contributed by atoms with Gasteiger partial charge in [0, 0.05) is 16.1 Å². The molecule has 31 heavy (non-hydrogen) atoms. The predicted octanol–water partition coefficient (Wildman–Crippen LogP) is 5.31. The molecule has 0 aliphatic carbocycles. The van der Waals surface area contributed by atoms with Gasteiger partial charge in [0.05, 0.1) is 12.7 Å². The quantitative estimate of drug-likeness (QED) is 0.344. The average Bonchev–Trinajstić information content (AvgIpc) is 3.30. The number of hydrogen-bond acceptors (Lipinski definition) is 5. The van der Waals surface area contributed by atoms with Crippen molar-refractivity contribution in [1.82, 2.24) is 0 Å². The molecular formula is C25H23NO4S. The van der Waals surface area contributed by atoms with Crippen LogP contribution in [0, 0.1) is 20.8 Å². The van der Waals surface area contributed by atoms with E-state index >= 15 is 0 Å². The third-order valence-electron chi connectivity index (χ3n) is 5.73. The molecule has 2 heterocycles. The van der Waals surface area contributed by atoms with Crippen LogP contribution in [0.1, 0.15) is 33.2 Å². The Balaban J connectivity index is 1.93. The van der Waals surface area contributed by atoms with Crippen molar-refractivity contribution in [3.05, 3.63) is 86.6 Å². The fourth-order valence-corrected chi connectivity index (χ4v) is 4.82. The number of thiophene rings is 1. The first-order valence-electron chi connectivity index (χ1n) is 9.90. The zero-order valence-electron chi connectivity index (χ0n) is 17.8. The molecular weight excluding hydrogens is 410 g/mol. The number of methoxy groups -OCH3 is 1. The molecule has 5 nitrogen and oxygen atoms in total. The van der Waals surface area contributed by atoms with Crippen molar-refractivity contribution >= 4 is 34.5 Å². The van der Waals surface area contributed by atoms with Crippen LogP contribution in [0.25, 0.3) is 5.76 Å². The maximum atomic E-state index is 13.2. The molecule has 1 saturated heterocycles. The van der Waals surface area contributed by atoms with Crippen LogP contribution in [0.5, 0.6) is 5.75 Å². The van der Waals surface area contributed by atoms with Gasteiger partial charge in [0.2, 0.25) is 0 Å². The van der Waals surface area contributed by atoms with E-state index in [9.17, 15) is 14.7 Å². The third kappa shape index (κ3) is 3.53. The Morgan fingerprint density at radius 1 is 0.968 bits per heavy atom. The van der Waals surface area contributed by atoms with E-state index in [1.54, 1.807) is 37.4 Å². The van der Waals surface area contributed by atoms with Crippen LogP contribution >= 0.6 is 11.3 Å². The number of amides is 1. The minimum Gasteiger partial charge on any atom is -0.507 e. The van der Waals surface area contributed by atoms with Gasteiger partial charge < -0.3 is 9.84 Å². The number of Topliss-reactive ketones (excluding diaryl/α,β-unsaturated/α-hetero) is 1. The number of ketones is 1. The van der Waals surface area contributed by atoms with Crippen molar-refractivity contribution < 1.29 is 19.4 Å². The summed E-state index contributed by atoms with van der Waals surface area (Å²) < 4.78 is 5.22. The van der Waals surface area contributed by atoms with E-state index < -0.39 is 17.7 Å². The van der Waals surface area contributed by atoms with Gasteiger partial charge in [0.15, 0.2) is 0 Å². The van der Waals surface area contributed by atoms with Gasteiger partial charge in [-0.1, -0.05) is 12.1 Å². The molecule has 1 aliphatic heterocycles. The molecule has 4 rings (SSSR count). The van der Waals surface area contributed by atoms with Gasteiger partial charge in [-0.05, 0) is 79.2 Å². The Hall–Kier alpha value is -3.38. The second kappa shape index (κ2) is 8.04. The fourth-order valence-electron chi connectivity index (χ4n) is 3.80. The highest BCUT2D eigenvalue weighted by Crippen LogP contribution is 2.45. The summed E-state index contributed by atoms with van der Waals surface area (Å²) in [6, 6.07) is 13.7. The number of ether oxygens (including phenoxy) is 1. The van der Waals surface area contributed by atoms with Crippen LogP contribution in [-0.2, 0) is 9.59 Å². The number of aryl methyl sites for hydroxylation is 3. The van der Waals surface area contributed by atoms with Crippen molar-refractivity contribution in [2.24, 2.45) is 0 Å². The van der Waals surface area contributed by atoms with Crippen molar-refractivity contribution in [1.29, 1.82) is 0 Å². The van der Waals surface area contributed by atoms with E-state index in [1.807, 2.05) is 44.4 Å². The van der Waals surface area contributed by atoms with Gasteiger partial charge in [0.1, 0.15) is 17.6 Å². The monoisotopic (exact) mass is 433 g/mol. The summed E-state index contributed by atoms with van der Waals surface area (Å²) in [5.74, 6) is -0.854. The predicted molar refractivity (Wildman–Crippen MR) is 123 cm³/mol. The largest absolute Gasteiger partial charge is 0.507 e. The second-order valence-corrected chi connectivity index (χ2v) is 8.58. The van der Waals surface area contributed by atoms with E-state index in [1.165, 1.54) is 16.2 Å². The molecule has 0 bridgehead atoms. The van der Waals surface area contributed by atoms with Gasteiger partial charge in [0.25, 0.3) is 11.7 Å². The van der Waals surface area contributed by atoms with Crippen LogP contribution in [0.3, 0.4) is 0 Å². The minimum atomic E-state index is -0.699. The minimum absolute atomic E-state index is 0.106. The lowest BCUT2D eigenvalue weighted by atomic mass is 9.96. The molecule has 158 valence electrons. The number of hydrogen-bond donors (Lipinski definition) is 1. The van der Waals surface area contributed by atoms with Crippen LogP contribution < -0.4 is 9.64 Å². The number of rotatable bonds is 4. The number of benzene rings is 2. The highest BCUT2D eigenvalue weighted by atomic mass is 32.1. The number of nitrogens with zero attached hydrogens (tertiary/aromatic N) is 1. The first kappa shape index (κ1) is 20.9. The van der Waals surface area contributed by atoms with Crippen LogP contribution in [0.15, 0.2) is 59.5 Å². The molecule has 2 aromatic carbocycles. The number of aliphatic hydroxyl groups is 1. The Kier molecular flexibility index (Phi) is 5.41. The van der Waals surface area contributed by atoms with Crippen LogP contribution in [-0.4, -0.2) is 23.9 Å². The van der Waals surface area contributed by atoms with Crippen molar-refractivity contribution in [3.63, 3.8) is 0 Å². The lowest BCUT2D eigenvalue weighted by molar-refractivity contribution is -0.132. The summed E-state index contributed by atoms with van der Waals surface area (Å²) in [6.07, 6.45) is 0. The average molecular weight is 434 g/mol. The SMILES string of the molecule is COc1ccc(N2C(=O)C(=O)/C(=C(\O)c3ccc(C)c(C)c3)C2c2sccc2C)cc1. The summed E-state index contributed by atoms with van der Waals surface area (Å²) in [5.41, 5.74) is 4.24. The molecule has 1 atom stereocenters. The molecule has 1 aliphatic rings. The molecule has 1 unspecified atom stereocenters. The number of anilines is 1. The Labute approximate surface area is 185 Å². The van der Waals surface area contributed by atoms with Gasteiger partial charge >= 0.3 is 0 Å². The topological polar surface area (TPSA) is 66.8 Å². The highest BCUT2D eigenvalue weighted by Gasteiger charge is 2.47. The van der Waals surface area contributed by atoms with Crippen molar-refractivity contribution in [2.45, 2.75) is 26.8 Å². The van der Waals surface area contributed by atoms with E-state index in [0.717, 1.165) is 21.6 Å². The summed E-state index contributed by atoms with van der Waals surface area (Å²) in [6.45, 7) is 5.87. The Morgan fingerprint density at radius 2 is 1.68 bits per heavy atom. The first-order valence-corrected chi connectivity index (χ1v) is 10.8. The summed E-state index contributed by atoms with van der Waals surface area (Å²) in [7, 11) is 1.57. The highest BCUT2D eigenvalue weighted by molar-refractivity contribution is 7.10. The zero-order chi connectivity index (χ0) is 22.3. The second-order valence-electron chi connectivity index (χ2n) is 7.63. The number of carbonyl (C=O) groups is 2. The standard InChI is InChI=1S/C25H23NO4S/c1-14-5-6-17(13-16(14)3)22(27)20-21(24-15(2)11-12-31-24)26(25(29)23(20)28)18-7-9-19(30-4)10-8-18/h5-13,21,27H,1-4H3/b22-20-. The maximum absolute atomic E-state index is 13.2. The zero-order valence-corrected chi connectivity index (χ0v) is 18.6. The van der Waals surface area contributed by atoms with Gasteiger partial charge in [-0.3, -0.25) is 14.5 Å².